The van der Waals surface area contributed by atoms with Crippen molar-refractivity contribution in [1.82, 2.24) is 9.21 Å². The number of rotatable bonds is 7. The number of amides is 1. The normalized spacial score (nSPS) is 16.0. The van der Waals surface area contributed by atoms with Crippen molar-refractivity contribution in [3.05, 3.63) is 71.1 Å². The third-order valence-electron chi connectivity index (χ3n) is 5.15. The number of benzene rings is 2. The molecule has 7 nitrogen and oxygen atoms in total. The topological polar surface area (TPSA) is 91.8 Å². The molecular weight excluding hydrogens is 436 g/mol. The molecule has 1 aliphatic heterocycles. The SMILES string of the molecule is Cc1ccc(S(=O)(=O)CCC(=O)N2CCN(S(=O)(=O)/C=C/c3ccccc3)CC2)cc1. The standard InChI is InChI=1S/C22H26N2O5S2/c1-19-7-9-21(10-8-19)30(26,27)17-12-22(25)23-13-15-24(16-14-23)31(28,29)18-11-20-5-3-2-4-6-20/h2-11,18H,12-17H2,1H3/b18-11+. The lowest BCUT2D eigenvalue weighted by Gasteiger charge is -2.33. The van der Waals surface area contributed by atoms with Crippen LogP contribution in [0.5, 0.6) is 0 Å². The fourth-order valence-electron chi connectivity index (χ4n) is 3.25. The van der Waals surface area contributed by atoms with E-state index in [1.807, 2.05) is 37.3 Å². The Kier molecular flexibility index (Phi) is 7.30. The van der Waals surface area contributed by atoms with Crippen LogP contribution in [0.15, 0.2) is 64.9 Å². The lowest BCUT2D eigenvalue weighted by Crippen LogP contribution is -2.50. The number of carbonyl (C=O) groups is 1. The van der Waals surface area contributed by atoms with E-state index in [1.165, 1.54) is 14.6 Å². The number of carbonyl (C=O) groups excluding carboxylic acids is 1. The first kappa shape index (κ1) is 23.2. The maximum atomic E-state index is 12.5. The summed E-state index contributed by atoms with van der Waals surface area (Å²) in [6.07, 6.45) is 1.42. The zero-order chi connectivity index (χ0) is 22.5. The van der Waals surface area contributed by atoms with Gasteiger partial charge in [0.05, 0.1) is 10.6 Å². The molecule has 9 heteroatoms. The van der Waals surface area contributed by atoms with Crippen molar-refractivity contribution >= 4 is 31.8 Å². The Morgan fingerprint density at radius 2 is 1.52 bits per heavy atom. The Hall–Kier alpha value is -2.49. The number of nitrogens with zero attached hydrogens (tertiary/aromatic N) is 2. The van der Waals surface area contributed by atoms with Gasteiger partial charge >= 0.3 is 0 Å². The predicted molar refractivity (Wildman–Crippen MR) is 120 cm³/mol. The molecule has 0 aliphatic carbocycles. The first-order valence-electron chi connectivity index (χ1n) is 9.98. The van der Waals surface area contributed by atoms with Crippen LogP contribution < -0.4 is 0 Å². The minimum atomic E-state index is -3.59. The third kappa shape index (κ3) is 6.25. The molecule has 2 aromatic carbocycles. The van der Waals surface area contributed by atoms with Crippen LogP contribution in [-0.4, -0.2) is 63.9 Å². The summed E-state index contributed by atoms with van der Waals surface area (Å²) in [5, 5.41) is 1.17. The molecule has 1 saturated heterocycles. The number of aryl methyl sites for hydroxylation is 1. The van der Waals surface area contributed by atoms with Gasteiger partial charge in [0.2, 0.25) is 15.9 Å². The second-order valence-electron chi connectivity index (χ2n) is 7.42. The van der Waals surface area contributed by atoms with Crippen LogP contribution in [0.3, 0.4) is 0 Å². The summed E-state index contributed by atoms with van der Waals surface area (Å²) in [6, 6.07) is 15.7. The second-order valence-corrected chi connectivity index (χ2v) is 11.3. The molecule has 0 N–H and O–H groups in total. The summed E-state index contributed by atoms with van der Waals surface area (Å²) in [7, 11) is -7.13. The maximum Gasteiger partial charge on any atom is 0.236 e. The number of hydrogen-bond donors (Lipinski definition) is 0. The van der Waals surface area contributed by atoms with Gasteiger partial charge in [-0.05, 0) is 30.7 Å². The molecule has 166 valence electrons. The van der Waals surface area contributed by atoms with Gasteiger partial charge in [0.1, 0.15) is 0 Å². The summed E-state index contributed by atoms with van der Waals surface area (Å²) in [5.74, 6) is -0.555. The van der Waals surface area contributed by atoms with Crippen molar-refractivity contribution in [3.8, 4) is 0 Å². The smallest absolute Gasteiger partial charge is 0.236 e. The minimum Gasteiger partial charge on any atom is -0.340 e. The summed E-state index contributed by atoms with van der Waals surface area (Å²) < 4.78 is 51.3. The van der Waals surface area contributed by atoms with E-state index in [0.717, 1.165) is 11.1 Å². The van der Waals surface area contributed by atoms with Crippen molar-refractivity contribution in [3.63, 3.8) is 0 Å². The first-order valence-corrected chi connectivity index (χ1v) is 13.1. The van der Waals surface area contributed by atoms with E-state index in [-0.39, 0.29) is 49.2 Å². The highest BCUT2D eigenvalue weighted by molar-refractivity contribution is 7.92. The molecule has 0 aromatic heterocycles. The Morgan fingerprint density at radius 1 is 0.903 bits per heavy atom. The highest BCUT2D eigenvalue weighted by Gasteiger charge is 2.28. The number of sulfone groups is 1. The molecule has 0 saturated carbocycles. The second kappa shape index (κ2) is 9.76. The van der Waals surface area contributed by atoms with E-state index in [2.05, 4.69) is 0 Å². The van der Waals surface area contributed by atoms with E-state index >= 15 is 0 Å². The molecule has 1 amide bonds. The van der Waals surface area contributed by atoms with Crippen molar-refractivity contribution in [2.75, 3.05) is 31.9 Å². The lowest BCUT2D eigenvalue weighted by molar-refractivity contribution is -0.131. The van der Waals surface area contributed by atoms with E-state index in [0.29, 0.717) is 0 Å². The zero-order valence-electron chi connectivity index (χ0n) is 17.3. The van der Waals surface area contributed by atoms with Crippen LogP contribution in [0.25, 0.3) is 6.08 Å². The Labute approximate surface area is 184 Å². The monoisotopic (exact) mass is 462 g/mol. The summed E-state index contributed by atoms with van der Waals surface area (Å²) >= 11 is 0. The summed E-state index contributed by atoms with van der Waals surface area (Å²) in [4.78, 5) is 14.2. The molecule has 0 radical (unpaired) electrons. The molecule has 0 bridgehead atoms. The van der Waals surface area contributed by atoms with E-state index in [4.69, 9.17) is 0 Å². The molecule has 0 unspecified atom stereocenters. The fraction of sp³-hybridized carbons (Fsp3) is 0.318. The van der Waals surface area contributed by atoms with Crippen LogP contribution in [0, 0.1) is 6.92 Å². The molecule has 0 spiro atoms. The molecular formula is C22H26N2O5S2. The van der Waals surface area contributed by atoms with Gasteiger partial charge in [0, 0.05) is 38.0 Å². The minimum absolute atomic E-state index is 0.128. The van der Waals surface area contributed by atoms with Crippen LogP contribution in [0.2, 0.25) is 0 Å². The van der Waals surface area contributed by atoms with Gasteiger partial charge in [-0.15, -0.1) is 0 Å². The first-order chi connectivity index (χ1) is 14.7. The van der Waals surface area contributed by atoms with Crippen LogP contribution >= 0.6 is 0 Å². The number of hydrogen-bond acceptors (Lipinski definition) is 5. The predicted octanol–water partition coefficient (Wildman–Crippen LogP) is 2.30. The molecule has 0 atom stereocenters. The fourth-order valence-corrected chi connectivity index (χ4v) is 5.65. The highest BCUT2D eigenvalue weighted by atomic mass is 32.2. The molecule has 1 fully saturated rings. The van der Waals surface area contributed by atoms with Gasteiger partial charge in [-0.3, -0.25) is 4.79 Å². The Bertz CT molecular complexity index is 1130. The lowest BCUT2D eigenvalue weighted by atomic mass is 10.2. The average molecular weight is 463 g/mol. The van der Waals surface area contributed by atoms with Crippen LogP contribution in [-0.2, 0) is 24.7 Å². The van der Waals surface area contributed by atoms with Gasteiger partial charge in [-0.1, -0.05) is 48.0 Å². The molecule has 31 heavy (non-hydrogen) atoms. The van der Waals surface area contributed by atoms with Gasteiger partial charge in [-0.2, -0.15) is 4.31 Å². The van der Waals surface area contributed by atoms with Crippen molar-refractivity contribution < 1.29 is 21.6 Å². The van der Waals surface area contributed by atoms with Gasteiger partial charge in [0.15, 0.2) is 9.84 Å². The third-order valence-corrected chi connectivity index (χ3v) is 8.44. The Morgan fingerprint density at radius 3 is 2.13 bits per heavy atom. The van der Waals surface area contributed by atoms with E-state index in [1.54, 1.807) is 30.3 Å². The molecule has 3 rings (SSSR count). The van der Waals surface area contributed by atoms with Crippen molar-refractivity contribution in [2.45, 2.75) is 18.2 Å². The number of piperazine rings is 1. The highest BCUT2D eigenvalue weighted by Crippen LogP contribution is 2.15. The van der Waals surface area contributed by atoms with Crippen molar-refractivity contribution in [2.24, 2.45) is 0 Å². The average Bonchev–Trinajstić information content (AvgIpc) is 2.77. The van der Waals surface area contributed by atoms with Gasteiger partial charge in [-0.25, -0.2) is 16.8 Å². The summed E-state index contributed by atoms with van der Waals surface area (Å²) in [5.41, 5.74) is 1.75. The Balaban J connectivity index is 1.52. The van der Waals surface area contributed by atoms with Crippen molar-refractivity contribution in [1.29, 1.82) is 0 Å². The zero-order valence-corrected chi connectivity index (χ0v) is 19.0. The van der Waals surface area contributed by atoms with E-state index < -0.39 is 19.9 Å². The molecule has 1 aliphatic rings. The molecule has 2 aromatic rings. The van der Waals surface area contributed by atoms with Gasteiger partial charge < -0.3 is 4.90 Å². The largest absolute Gasteiger partial charge is 0.340 e. The van der Waals surface area contributed by atoms with Crippen LogP contribution in [0.4, 0.5) is 0 Å². The van der Waals surface area contributed by atoms with Crippen LogP contribution in [0.1, 0.15) is 17.5 Å². The maximum absolute atomic E-state index is 12.5. The quantitative estimate of drug-likeness (QED) is 0.630. The summed E-state index contributed by atoms with van der Waals surface area (Å²) in [6.45, 7) is 2.71. The van der Waals surface area contributed by atoms with Gasteiger partial charge in [0.25, 0.3) is 0 Å². The van der Waals surface area contributed by atoms with E-state index in [9.17, 15) is 21.6 Å². The number of sulfonamides is 1. The molecule has 1 heterocycles.